The maximum absolute atomic E-state index is 8.02. The van der Waals surface area contributed by atoms with E-state index in [1.165, 1.54) is 0 Å². The van der Waals surface area contributed by atoms with E-state index >= 15 is 0 Å². The second-order valence-electron chi connectivity index (χ2n) is 0.741. The molecule has 2 radical (unpaired) electrons. The molecule has 1 N–H and O–H groups in total. The quantitative estimate of drug-likeness (QED) is 0.382. The molecule has 0 aliphatic heterocycles. The van der Waals surface area contributed by atoms with E-state index in [4.69, 9.17) is 5.11 Å². The molecule has 0 aliphatic rings. The summed E-state index contributed by atoms with van der Waals surface area (Å²) in [5.74, 6) is 0. The van der Waals surface area contributed by atoms with Gasteiger partial charge in [0.25, 0.3) is 0 Å². The highest BCUT2D eigenvalue weighted by atomic mass is 27.0. The number of aliphatic hydroxyl groups is 1. The summed E-state index contributed by atoms with van der Waals surface area (Å²) in [5.41, 5.74) is 0. The van der Waals surface area contributed by atoms with E-state index < -0.39 is 0 Å². The molecule has 0 amide bonds. The summed E-state index contributed by atoms with van der Waals surface area (Å²) < 4.78 is 0. The van der Waals surface area contributed by atoms with Gasteiger partial charge in [-0.1, -0.05) is 6.92 Å². The lowest BCUT2D eigenvalue weighted by Gasteiger charge is -1.81. The second-order valence-corrected chi connectivity index (χ2v) is 1.71. The molecular formula is C2H5AlO. The fraction of sp³-hybridized carbons (Fsp3) is 1.00. The third kappa shape index (κ3) is 22.9. The van der Waals surface area contributed by atoms with Crippen molar-refractivity contribution in [1.29, 1.82) is 0 Å². The van der Waals surface area contributed by atoms with Crippen LogP contribution in [0.4, 0.5) is 0 Å². The molecular weight excluding hydrogens is 67.0 g/mol. The van der Waals surface area contributed by atoms with Gasteiger partial charge in [-0.05, 0) is 4.97 Å². The number of aliphatic hydroxyl groups excluding tert-OH is 1. The molecule has 0 aromatic rings. The van der Waals surface area contributed by atoms with Gasteiger partial charge in [-0.15, -0.1) is 0 Å². The second kappa shape index (κ2) is 1.78. The van der Waals surface area contributed by atoms with E-state index in [1.807, 2.05) is 0 Å². The van der Waals surface area contributed by atoms with Crippen LogP contribution in [-0.2, 0) is 0 Å². The number of hydrogen-bond acceptors (Lipinski definition) is 1. The zero-order chi connectivity index (χ0) is 3.58. The highest BCUT2D eigenvalue weighted by Gasteiger charge is 1.69. The van der Waals surface area contributed by atoms with Crippen LogP contribution in [0.15, 0.2) is 0 Å². The van der Waals surface area contributed by atoms with Gasteiger partial charge in [0.05, 0.1) is 0 Å². The van der Waals surface area contributed by atoms with Gasteiger partial charge in [0.2, 0.25) is 0 Å². The normalized spacial score (nSPS) is 15.5. The Morgan fingerprint density at radius 2 is 2.00 bits per heavy atom. The Labute approximate surface area is 34.1 Å². The molecule has 0 rings (SSSR count). The summed E-state index contributed by atoms with van der Waals surface area (Å²) in [6.07, 6.45) is 0. The largest absolute Gasteiger partial charge is 0.411 e. The van der Waals surface area contributed by atoms with E-state index in [0.717, 1.165) is 0 Å². The molecule has 0 spiro atoms. The standard InChI is InChI=1S/C2H5O.Al/c1-2-3;/h2-3H,1H3;. The van der Waals surface area contributed by atoms with Crippen molar-refractivity contribution in [1.82, 2.24) is 0 Å². The average Bonchev–Trinajstić information content (AvgIpc) is 0.811. The van der Waals surface area contributed by atoms with Crippen LogP contribution in [-0.4, -0.2) is 26.4 Å². The fourth-order valence-electron chi connectivity index (χ4n) is 0. The Bertz CT molecular complexity index is 10.8. The van der Waals surface area contributed by atoms with E-state index in [2.05, 4.69) is 16.3 Å². The summed E-state index contributed by atoms with van der Waals surface area (Å²) in [7, 11) is 0. The van der Waals surface area contributed by atoms with Crippen molar-refractivity contribution in [3.63, 3.8) is 0 Å². The van der Waals surface area contributed by atoms with Crippen molar-refractivity contribution in [3.05, 3.63) is 0 Å². The third-order valence-corrected chi connectivity index (χ3v) is 0. The van der Waals surface area contributed by atoms with Crippen LogP contribution in [0.2, 0.25) is 0 Å². The Kier molecular flexibility index (Phi) is 2.00. The van der Waals surface area contributed by atoms with Crippen molar-refractivity contribution < 1.29 is 5.11 Å². The minimum absolute atomic E-state index is 0.250. The molecule has 4 heavy (non-hydrogen) atoms. The predicted octanol–water partition coefficient (Wildman–Crippen LogP) is -0.507. The van der Waals surface area contributed by atoms with Gasteiger partial charge in [0.1, 0.15) is 0 Å². The van der Waals surface area contributed by atoms with Gasteiger partial charge < -0.3 is 5.11 Å². The van der Waals surface area contributed by atoms with Crippen LogP contribution in [0.3, 0.4) is 0 Å². The molecule has 0 heterocycles. The van der Waals surface area contributed by atoms with Crippen molar-refractivity contribution in [3.8, 4) is 0 Å². The van der Waals surface area contributed by atoms with Crippen LogP contribution in [0, 0.1) is 0 Å². The van der Waals surface area contributed by atoms with Crippen LogP contribution < -0.4 is 0 Å². The highest BCUT2D eigenvalue weighted by Crippen LogP contribution is 1.56. The zero-order valence-corrected chi connectivity index (χ0v) is 3.76. The van der Waals surface area contributed by atoms with Gasteiger partial charge >= 0.3 is 0 Å². The Balaban J connectivity index is 2.32. The summed E-state index contributed by atoms with van der Waals surface area (Å²) >= 11 is 2.21. The molecule has 0 bridgehead atoms. The maximum atomic E-state index is 8.02. The molecule has 0 aromatic carbocycles. The molecule has 0 saturated carbocycles. The molecule has 0 aromatic heterocycles. The number of hydrogen-bond donors (Lipinski definition) is 1. The molecule has 0 fully saturated rings. The smallest absolute Gasteiger partial charge is 0.170 e. The van der Waals surface area contributed by atoms with Crippen molar-refractivity contribution in [2.45, 2.75) is 11.9 Å². The summed E-state index contributed by atoms with van der Waals surface area (Å²) in [5, 5.41) is 8.02. The SMILES string of the molecule is C[CH](O)[Al]. The average molecular weight is 72.0 g/mol. The highest BCUT2D eigenvalue weighted by molar-refractivity contribution is 6.10. The summed E-state index contributed by atoms with van der Waals surface area (Å²) in [6, 6.07) is 0. The predicted molar refractivity (Wildman–Crippen MR) is 17.4 cm³/mol. The Morgan fingerprint density at radius 1 is 2.00 bits per heavy atom. The minimum Gasteiger partial charge on any atom is -0.411 e. The van der Waals surface area contributed by atoms with Gasteiger partial charge in [-0.3, -0.25) is 0 Å². The summed E-state index contributed by atoms with van der Waals surface area (Å²) in [4.78, 5) is -0.250. The van der Waals surface area contributed by atoms with Crippen molar-refractivity contribution >= 4 is 16.3 Å². The van der Waals surface area contributed by atoms with Crippen LogP contribution >= 0.6 is 0 Å². The summed E-state index contributed by atoms with van der Waals surface area (Å²) in [6.45, 7) is 1.69. The molecule has 22 valence electrons. The monoisotopic (exact) mass is 72.0 g/mol. The lowest BCUT2D eigenvalue weighted by atomic mass is 10.9. The van der Waals surface area contributed by atoms with E-state index in [9.17, 15) is 0 Å². The topological polar surface area (TPSA) is 20.2 Å². The van der Waals surface area contributed by atoms with Crippen molar-refractivity contribution in [2.24, 2.45) is 0 Å². The van der Waals surface area contributed by atoms with E-state index in [-0.39, 0.29) is 4.97 Å². The van der Waals surface area contributed by atoms with Gasteiger partial charge in [-0.25, -0.2) is 0 Å². The lowest BCUT2D eigenvalue weighted by molar-refractivity contribution is 0.276. The Morgan fingerprint density at radius 3 is 2.00 bits per heavy atom. The first-order valence-electron chi connectivity index (χ1n) is 1.17. The number of rotatable bonds is 0. The maximum Gasteiger partial charge on any atom is 0.170 e. The third-order valence-electron chi connectivity index (χ3n) is 0. The minimum atomic E-state index is -0.250. The van der Waals surface area contributed by atoms with Gasteiger partial charge in [0, 0.05) is 0 Å². The first-order chi connectivity index (χ1) is 1.73. The molecule has 1 unspecified atom stereocenters. The van der Waals surface area contributed by atoms with Gasteiger partial charge in [0.15, 0.2) is 16.3 Å². The van der Waals surface area contributed by atoms with Crippen LogP contribution in [0.1, 0.15) is 6.92 Å². The first kappa shape index (κ1) is 4.49. The molecule has 0 aliphatic carbocycles. The van der Waals surface area contributed by atoms with Gasteiger partial charge in [-0.2, -0.15) is 0 Å². The van der Waals surface area contributed by atoms with Crippen molar-refractivity contribution in [2.75, 3.05) is 0 Å². The molecule has 1 atom stereocenters. The molecule has 1 nitrogen and oxygen atoms in total. The molecule has 2 heteroatoms. The van der Waals surface area contributed by atoms with E-state index in [1.54, 1.807) is 6.92 Å². The van der Waals surface area contributed by atoms with E-state index in [0.29, 0.717) is 0 Å². The lowest BCUT2D eigenvalue weighted by Crippen LogP contribution is -1.94. The molecule has 0 saturated heterocycles. The van der Waals surface area contributed by atoms with Crippen LogP contribution in [0.5, 0.6) is 0 Å². The fourth-order valence-corrected chi connectivity index (χ4v) is 0. The Hall–Kier alpha value is 0.492. The zero-order valence-electron chi connectivity index (χ0n) is 2.60. The first-order valence-corrected chi connectivity index (χ1v) is 1.84. The van der Waals surface area contributed by atoms with Crippen LogP contribution in [0.25, 0.3) is 0 Å².